The Morgan fingerprint density at radius 2 is 1.79 bits per heavy atom. The van der Waals surface area contributed by atoms with Gasteiger partial charge in [-0.1, -0.05) is 37.3 Å². The average Bonchev–Trinajstić information content (AvgIpc) is 2.40. The van der Waals surface area contributed by atoms with Crippen molar-refractivity contribution in [2.75, 3.05) is 5.88 Å². The van der Waals surface area contributed by atoms with E-state index in [1.54, 1.807) is 0 Å². The number of alkyl halides is 1. The monoisotopic (exact) mass is 281 g/mol. The summed E-state index contributed by atoms with van der Waals surface area (Å²) in [5, 5.41) is 3.16. The molecule has 1 unspecified atom stereocenters. The molecule has 0 saturated carbocycles. The van der Waals surface area contributed by atoms with Crippen LogP contribution in [0.5, 0.6) is 0 Å². The Balaban J connectivity index is 2.88. The van der Waals surface area contributed by atoms with Crippen LogP contribution in [0.25, 0.3) is 0 Å². The SMILES string of the molecule is CCC(C)(CCCl)NC(=O)C(C)(C)c1ccccc1. The molecule has 0 bridgehead atoms. The van der Waals surface area contributed by atoms with Gasteiger partial charge in [-0.15, -0.1) is 11.6 Å². The van der Waals surface area contributed by atoms with Gasteiger partial charge in [0.15, 0.2) is 0 Å². The van der Waals surface area contributed by atoms with E-state index in [0.717, 1.165) is 18.4 Å². The molecular weight excluding hydrogens is 258 g/mol. The fourth-order valence-corrected chi connectivity index (χ4v) is 2.37. The highest BCUT2D eigenvalue weighted by Gasteiger charge is 2.34. The molecule has 0 spiro atoms. The van der Waals surface area contributed by atoms with E-state index in [-0.39, 0.29) is 11.4 Å². The molecule has 0 aliphatic heterocycles. The molecule has 1 N–H and O–H groups in total. The maximum Gasteiger partial charge on any atom is 0.230 e. The second-order valence-corrected chi connectivity index (χ2v) is 6.18. The number of nitrogens with one attached hydrogen (secondary N) is 1. The molecule has 0 aliphatic carbocycles. The van der Waals surface area contributed by atoms with E-state index in [2.05, 4.69) is 12.2 Å². The molecule has 1 aromatic carbocycles. The van der Waals surface area contributed by atoms with Gasteiger partial charge < -0.3 is 5.32 Å². The number of hydrogen-bond acceptors (Lipinski definition) is 1. The van der Waals surface area contributed by atoms with Gasteiger partial charge in [-0.25, -0.2) is 0 Å². The first kappa shape index (κ1) is 16.0. The van der Waals surface area contributed by atoms with Crippen LogP contribution in [0.1, 0.15) is 46.1 Å². The van der Waals surface area contributed by atoms with E-state index in [0.29, 0.717) is 5.88 Å². The van der Waals surface area contributed by atoms with Crippen molar-refractivity contribution in [2.45, 2.75) is 51.5 Å². The van der Waals surface area contributed by atoms with Gasteiger partial charge in [-0.2, -0.15) is 0 Å². The quantitative estimate of drug-likeness (QED) is 0.788. The van der Waals surface area contributed by atoms with Gasteiger partial charge in [0.2, 0.25) is 5.91 Å². The zero-order valence-corrected chi connectivity index (χ0v) is 13.1. The van der Waals surface area contributed by atoms with Crippen molar-refractivity contribution < 1.29 is 4.79 Å². The second-order valence-electron chi connectivity index (χ2n) is 5.80. The molecule has 19 heavy (non-hydrogen) atoms. The molecule has 0 aromatic heterocycles. The zero-order valence-electron chi connectivity index (χ0n) is 12.3. The molecule has 0 aliphatic rings. The van der Waals surface area contributed by atoms with Crippen LogP contribution in [0.15, 0.2) is 30.3 Å². The van der Waals surface area contributed by atoms with Crippen molar-refractivity contribution in [3.05, 3.63) is 35.9 Å². The smallest absolute Gasteiger partial charge is 0.230 e. The minimum absolute atomic E-state index is 0.0492. The average molecular weight is 282 g/mol. The van der Waals surface area contributed by atoms with Crippen molar-refractivity contribution in [1.82, 2.24) is 5.32 Å². The van der Waals surface area contributed by atoms with E-state index in [4.69, 9.17) is 11.6 Å². The summed E-state index contributed by atoms with van der Waals surface area (Å²) in [6.07, 6.45) is 1.65. The lowest BCUT2D eigenvalue weighted by Gasteiger charge is -2.34. The fraction of sp³-hybridized carbons (Fsp3) is 0.562. The number of rotatable bonds is 6. The minimum Gasteiger partial charge on any atom is -0.350 e. The van der Waals surface area contributed by atoms with Crippen LogP contribution < -0.4 is 5.32 Å². The van der Waals surface area contributed by atoms with Gasteiger partial charge in [0.05, 0.1) is 5.41 Å². The van der Waals surface area contributed by atoms with Gasteiger partial charge >= 0.3 is 0 Å². The maximum absolute atomic E-state index is 12.6. The first-order chi connectivity index (χ1) is 8.85. The number of carbonyl (C=O) groups is 1. The lowest BCUT2D eigenvalue weighted by molar-refractivity contribution is -0.127. The Bertz CT molecular complexity index is 416. The van der Waals surface area contributed by atoms with Crippen LogP contribution in [0.4, 0.5) is 0 Å². The molecule has 0 fully saturated rings. The minimum atomic E-state index is -0.538. The third-order valence-electron chi connectivity index (χ3n) is 3.91. The number of hydrogen-bond donors (Lipinski definition) is 1. The van der Waals surface area contributed by atoms with E-state index in [1.165, 1.54) is 0 Å². The molecule has 0 saturated heterocycles. The molecule has 1 rings (SSSR count). The number of amides is 1. The summed E-state index contributed by atoms with van der Waals surface area (Å²) in [5.74, 6) is 0.601. The molecule has 1 aromatic rings. The van der Waals surface area contributed by atoms with Gasteiger partial charge in [0, 0.05) is 11.4 Å². The van der Waals surface area contributed by atoms with Crippen LogP contribution in [0.2, 0.25) is 0 Å². The fourth-order valence-electron chi connectivity index (χ4n) is 1.95. The summed E-state index contributed by atoms with van der Waals surface area (Å²) in [5.41, 5.74) is 0.256. The summed E-state index contributed by atoms with van der Waals surface area (Å²) in [4.78, 5) is 12.6. The van der Waals surface area contributed by atoms with Gasteiger partial charge in [-0.05, 0) is 39.2 Å². The van der Waals surface area contributed by atoms with Crippen LogP contribution in [0.3, 0.4) is 0 Å². The van der Waals surface area contributed by atoms with Crippen molar-refractivity contribution in [1.29, 1.82) is 0 Å². The van der Waals surface area contributed by atoms with Crippen LogP contribution >= 0.6 is 11.6 Å². The van der Waals surface area contributed by atoms with E-state index in [1.807, 2.05) is 51.1 Å². The molecular formula is C16H24ClNO. The summed E-state index contributed by atoms with van der Waals surface area (Å²) in [6.45, 7) is 8.03. The highest BCUT2D eigenvalue weighted by atomic mass is 35.5. The Hall–Kier alpha value is -1.02. The molecule has 0 radical (unpaired) electrons. The standard InChI is InChI=1S/C16H24ClNO/c1-5-16(4,11-12-17)18-14(19)15(2,3)13-9-7-6-8-10-13/h6-10H,5,11-12H2,1-4H3,(H,18,19). The molecule has 2 nitrogen and oxygen atoms in total. The van der Waals surface area contributed by atoms with E-state index >= 15 is 0 Å². The Morgan fingerprint density at radius 3 is 2.26 bits per heavy atom. The lowest BCUT2D eigenvalue weighted by Crippen LogP contribution is -2.52. The summed E-state index contributed by atoms with van der Waals surface area (Å²) >= 11 is 5.83. The molecule has 3 heteroatoms. The third-order valence-corrected chi connectivity index (χ3v) is 4.09. The molecule has 1 atom stereocenters. The summed E-state index contributed by atoms with van der Waals surface area (Å²) < 4.78 is 0. The Kier molecular flexibility index (Phi) is 5.42. The van der Waals surface area contributed by atoms with E-state index in [9.17, 15) is 4.79 Å². The van der Waals surface area contributed by atoms with Crippen molar-refractivity contribution in [2.24, 2.45) is 0 Å². The summed E-state index contributed by atoms with van der Waals surface area (Å²) in [6, 6.07) is 9.86. The zero-order chi connectivity index (χ0) is 14.5. The summed E-state index contributed by atoms with van der Waals surface area (Å²) in [7, 11) is 0. The highest BCUT2D eigenvalue weighted by Crippen LogP contribution is 2.25. The van der Waals surface area contributed by atoms with Crippen molar-refractivity contribution >= 4 is 17.5 Å². The van der Waals surface area contributed by atoms with Crippen molar-refractivity contribution in [3.63, 3.8) is 0 Å². The molecule has 1 amide bonds. The highest BCUT2D eigenvalue weighted by molar-refractivity contribution is 6.17. The lowest BCUT2D eigenvalue weighted by atomic mass is 9.82. The van der Waals surface area contributed by atoms with E-state index < -0.39 is 5.41 Å². The molecule has 0 heterocycles. The van der Waals surface area contributed by atoms with Crippen LogP contribution in [-0.4, -0.2) is 17.3 Å². The van der Waals surface area contributed by atoms with Gasteiger partial charge in [0.25, 0.3) is 0 Å². The number of benzene rings is 1. The van der Waals surface area contributed by atoms with Crippen LogP contribution in [0, 0.1) is 0 Å². The van der Waals surface area contributed by atoms with Gasteiger partial charge in [-0.3, -0.25) is 4.79 Å². The largest absolute Gasteiger partial charge is 0.350 e. The predicted octanol–water partition coefficient (Wildman–Crippen LogP) is 3.88. The third kappa shape index (κ3) is 3.97. The number of carbonyl (C=O) groups excluding carboxylic acids is 1. The molecule has 106 valence electrons. The first-order valence-electron chi connectivity index (χ1n) is 6.80. The Morgan fingerprint density at radius 1 is 1.21 bits per heavy atom. The van der Waals surface area contributed by atoms with Crippen LogP contribution in [-0.2, 0) is 10.2 Å². The van der Waals surface area contributed by atoms with Crippen molar-refractivity contribution in [3.8, 4) is 0 Å². The predicted molar refractivity (Wildman–Crippen MR) is 81.6 cm³/mol. The first-order valence-corrected chi connectivity index (χ1v) is 7.33. The maximum atomic E-state index is 12.6. The Labute approximate surface area is 121 Å². The second kappa shape index (κ2) is 6.42. The topological polar surface area (TPSA) is 29.1 Å². The van der Waals surface area contributed by atoms with Gasteiger partial charge in [0.1, 0.15) is 0 Å². The normalized spacial score (nSPS) is 14.8. The number of halogens is 1.